The van der Waals surface area contributed by atoms with E-state index in [1.165, 1.54) is 11.1 Å². The number of hydrogen-bond donors (Lipinski definition) is 1. The lowest BCUT2D eigenvalue weighted by Crippen LogP contribution is -2.47. The molecule has 0 unspecified atom stereocenters. The van der Waals surface area contributed by atoms with Crippen LogP contribution in [0.5, 0.6) is 0 Å². The first-order chi connectivity index (χ1) is 11.0. The molecular formula is C18H29N3O2. The number of carbonyl (C=O) groups is 1. The quantitative estimate of drug-likeness (QED) is 0.906. The minimum absolute atomic E-state index is 0.00333. The van der Waals surface area contributed by atoms with Gasteiger partial charge < -0.3 is 19.9 Å². The average molecular weight is 319 g/mol. The molecule has 5 nitrogen and oxygen atoms in total. The predicted molar refractivity (Wildman–Crippen MR) is 92.6 cm³/mol. The highest BCUT2D eigenvalue weighted by Crippen LogP contribution is 2.19. The van der Waals surface area contributed by atoms with E-state index in [0.29, 0.717) is 6.54 Å². The van der Waals surface area contributed by atoms with E-state index in [1.807, 2.05) is 26.0 Å². The SMILES string of the molecule is Cc1cccc([C@H](CNC(=O)N(C)C2CCOCC2)N(C)C)c1. The van der Waals surface area contributed by atoms with Gasteiger partial charge in [0.2, 0.25) is 0 Å². The fourth-order valence-electron chi connectivity index (χ4n) is 3.02. The lowest BCUT2D eigenvalue weighted by molar-refractivity contribution is 0.0524. The standard InChI is InChI=1S/C18H29N3O2/c1-14-6-5-7-15(12-14)17(20(2)3)13-19-18(22)21(4)16-8-10-23-11-9-16/h5-7,12,16-17H,8-11,13H2,1-4H3,(H,19,22)/t17-/m0/s1. The number of likely N-dealkylation sites (N-methyl/N-ethyl adjacent to an activating group) is 1. The van der Waals surface area contributed by atoms with Crippen molar-refractivity contribution in [2.24, 2.45) is 0 Å². The molecule has 1 fully saturated rings. The first-order valence-corrected chi connectivity index (χ1v) is 8.30. The lowest BCUT2D eigenvalue weighted by Gasteiger charge is -2.32. The van der Waals surface area contributed by atoms with Gasteiger partial charge in [0.25, 0.3) is 0 Å². The van der Waals surface area contributed by atoms with Crippen LogP contribution in [0.25, 0.3) is 0 Å². The van der Waals surface area contributed by atoms with Crippen LogP contribution in [0.3, 0.4) is 0 Å². The molecule has 1 heterocycles. The maximum Gasteiger partial charge on any atom is 0.317 e. The van der Waals surface area contributed by atoms with Gasteiger partial charge in [-0.1, -0.05) is 29.8 Å². The Labute approximate surface area is 139 Å². The van der Waals surface area contributed by atoms with Gasteiger partial charge in [-0.3, -0.25) is 0 Å². The van der Waals surface area contributed by atoms with Gasteiger partial charge in [-0.15, -0.1) is 0 Å². The first-order valence-electron chi connectivity index (χ1n) is 8.30. The topological polar surface area (TPSA) is 44.8 Å². The Kier molecular flexibility index (Phi) is 6.42. The largest absolute Gasteiger partial charge is 0.381 e. The van der Waals surface area contributed by atoms with Crippen LogP contribution in [0.1, 0.15) is 30.0 Å². The van der Waals surface area contributed by atoms with E-state index in [9.17, 15) is 4.79 Å². The molecule has 0 saturated carbocycles. The average Bonchev–Trinajstić information content (AvgIpc) is 2.54. The van der Waals surface area contributed by atoms with Crippen LogP contribution in [0, 0.1) is 6.92 Å². The molecule has 2 rings (SSSR count). The summed E-state index contributed by atoms with van der Waals surface area (Å²) in [6.45, 7) is 4.17. The van der Waals surface area contributed by atoms with Gasteiger partial charge in [0.15, 0.2) is 0 Å². The molecule has 0 aliphatic carbocycles. The molecule has 1 aromatic rings. The maximum absolute atomic E-state index is 12.4. The minimum atomic E-state index is -0.00333. The second-order valence-corrected chi connectivity index (χ2v) is 6.53. The Bertz CT molecular complexity index is 513. The van der Waals surface area contributed by atoms with Gasteiger partial charge in [-0.2, -0.15) is 0 Å². The number of hydrogen-bond acceptors (Lipinski definition) is 3. The van der Waals surface area contributed by atoms with E-state index in [2.05, 4.69) is 41.4 Å². The molecule has 5 heteroatoms. The van der Waals surface area contributed by atoms with Crippen LogP contribution >= 0.6 is 0 Å². The molecule has 1 saturated heterocycles. The second kappa shape index (κ2) is 8.31. The Morgan fingerprint density at radius 3 is 2.61 bits per heavy atom. The number of carbonyl (C=O) groups excluding carboxylic acids is 1. The summed E-state index contributed by atoms with van der Waals surface area (Å²) in [6.07, 6.45) is 1.83. The molecular weight excluding hydrogens is 290 g/mol. The summed E-state index contributed by atoms with van der Waals surface area (Å²) in [5.74, 6) is 0. The monoisotopic (exact) mass is 319 g/mol. The molecule has 0 aromatic heterocycles. The molecule has 1 N–H and O–H groups in total. The van der Waals surface area contributed by atoms with Crippen LogP contribution in [0.15, 0.2) is 24.3 Å². The minimum Gasteiger partial charge on any atom is -0.381 e. The number of benzene rings is 1. The highest BCUT2D eigenvalue weighted by atomic mass is 16.5. The number of rotatable bonds is 5. The summed E-state index contributed by atoms with van der Waals surface area (Å²) in [5, 5.41) is 3.08. The first kappa shape index (κ1) is 17.8. The van der Waals surface area contributed by atoms with Crippen molar-refractivity contribution in [2.45, 2.75) is 31.8 Å². The van der Waals surface area contributed by atoms with E-state index in [4.69, 9.17) is 4.74 Å². The molecule has 1 aliphatic heterocycles. The summed E-state index contributed by atoms with van der Waals surface area (Å²) in [5.41, 5.74) is 2.46. The molecule has 1 aliphatic rings. The van der Waals surface area contributed by atoms with Crippen molar-refractivity contribution in [1.29, 1.82) is 0 Å². The van der Waals surface area contributed by atoms with E-state index >= 15 is 0 Å². The predicted octanol–water partition coefficient (Wildman–Crippen LogP) is 2.42. The molecule has 1 atom stereocenters. The highest BCUT2D eigenvalue weighted by Gasteiger charge is 2.23. The number of nitrogens with one attached hydrogen (secondary N) is 1. The number of nitrogens with zero attached hydrogens (tertiary/aromatic N) is 2. The van der Waals surface area contributed by atoms with E-state index in [-0.39, 0.29) is 18.1 Å². The smallest absolute Gasteiger partial charge is 0.317 e. The van der Waals surface area contributed by atoms with Crippen molar-refractivity contribution < 1.29 is 9.53 Å². The Hall–Kier alpha value is -1.59. The second-order valence-electron chi connectivity index (χ2n) is 6.53. The Morgan fingerprint density at radius 2 is 2.00 bits per heavy atom. The van der Waals surface area contributed by atoms with Gasteiger partial charge in [0.1, 0.15) is 0 Å². The number of amides is 2. The molecule has 128 valence electrons. The van der Waals surface area contributed by atoms with Crippen LogP contribution < -0.4 is 5.32 Å². The number of urea groups is 1. The molecule has 0 radical (unpaired) electrons. The zero-order chi connectivity index (χ0) is 16.8. The lowest BCUT2D eigenvalue weighted by atomic mass is 10.0. The normalized spacial score (nSPS) is 17.1. The summed E-state index contributed by atoms with van der Waals surface area (Å²) in [7, 11) is 5.96. The molecule has 0 bridgehead atoms. The summed E-state index contributed by atoms with van der Waals surface area (Å²) < 4.78 is 5.36. The van der Waals surface area contributed by atoms with Crippen molar-refractivity contribution >= 4 is 6.03 Å². The van der Waals surface area contributed by atoms with Gasteiger partial charge >= 0.3 is 6.03 Å². The van der Waals surface area contributed by atoms with Crippen molar-refractivity contribution in [3.63, 3.8) is 0 Å². The fourth-order valence-corrected chi connectivity index (χ4v) is 3.02. The summed E-state index contributed by atoms with van der Waals surface area (Å²) in [4.78, 5) is 16.4. The van der Waals surface area contributed by atoms with Crippen LogP contribution in [0.4, 0.5) is 4.79 Å². The molecule has 2 amide bonds. The van der Waals surface area contributed by atoms with Crippen molar-refractivity contribution in [2.75, 3.05) is 40.9 Å². The molecule has 0 spiro atoms. The number of aryl methyl sites for hydroxylation is 1. The third-order valence-electron chi connectivity index (χ3n) is 4.56. The third kappa shape index (κ3) is 4.94. The molecule has 23 heavy (non-hydrogen) atoms. The summed E-state index contributed by atoms with van der Waals surface area (Å²) >= 11 is 0. The van der Waals surface area contributed by atoms with Gasteiger partial charge in [-0.05, 0) is 39.4 Å². The zero-order valence-corrected chi connectivity index (χ0v) is 14.7. The van der Waals surface area contributed by atoms with Crippen molar-refractivity contribution in [3.8, 4) is 0 Å². The fraction of sp³-hybridized carbons (Fsp3) is 0.611. The summed E-state index contributed by atoms with van der Waals surface area (Å²) in [6, 6.07) is 8.90. The van der Waals surface area contributed by atoms with Crippen molar-refractivity contribution in [1.82, 2.24) is 15.1 Å². The Morgan fingerprint density at radius 1 is 1.30 bits per heavy atom. The van der Waals surface area contributed by atoms with Crippen LogP contribution in [-0.2, 0) is 4.74 Å². The van der Waals surface area contributed by atoms with E-state index < -0.39 is 0 Å². The Balaban J connectivity index is 1.94. The zero-order valence-electron chi connectivity index (χ0n) is 14.7. The third-order valence-corrected chi connectivity index (χ3v) is 4.56. The van der Waals surface area contributed by atoms with Gasteiger partial charge in [0, 0.05) is 32.8 Å². The van der Waals surface area contributed by atoms with Crippen molar-refractivity contribution in [3.05, 3.63) is 35.4 Å². The van der Waals surface area contributed by atoms with Crippen LogP contribution in [0.2, 0.25) is 0 Å². The van der Waals surface area contributed by atoms with E-state index in [1.54, 1.807) is 0 Å². The number of ether oxygens (including phenoxy) is 1. The van der Waals surface area contributed by atoms with E-state index in [0.717, 1.165) is 26.1 Å². The van der Waals surface area contributed by atoms with Crippen LogP contribution in [-0.4, -0.2) is 62.8 Å². The highest BCUT2D eigenvalue weighted by molar-refractivity contribution is 5.74. The van der Waals surface area contributed by atoms with Gasteiger partial charge in [0.05, 0.1) is 6.04 Å². The maximum atomic E-state index is 12.4. The van der Waals surface area contributed by atoms with Gasteiger partial charge in [-0.25, -0.2) is 4.79 Å². The molecule has 1 aromatic carbocycles.